The van der Waals surface area contributed by atoms with Crippen molar-refractivity contribution in [3.05, 3.63) is 60.0 Å². The first kappa shape index (κ1) is 28.0. The smallest absolute Gasteiger partial charge is 0.361 e. The first-order valence-electron chi connectivity index (χ1n) is 11.5. The Labute approximate surface area is 214 Å². The molecular formula is C25H25F3N6O4. The lowest BCUT2D eigenvalue weighted by Gasteiger charge is -2.23. The van der Waals surface area contributed by atoms with E-state index in [9.17, 15) is 32.3 Å². The lowest BCUT2D eigenvalue weighted by molar-refractivity contribution is -0.141. The summed E-state index contributed by atoms with van der Waals surface area (Å²) in [5, 5.41) is 15.2. The second kappa shape index (κ2) is 12.1. The van der Waals surface area contributed by atoms with Crippen LogP contribution in [0.15, 0.2) is 48.8 Å². The van der Waals surface area contributed by atoms with Crippen LogP contribution in [0.2, 0.25) is 0 Å². The molecule has 0 saturated heterocycles. The molecule has 0 radical (unpaired) electrons. The molecule has 2 heterocycles. The van der Waals surface area contributed by atoms with E-state index in [1.807, 2.05) is 24.3 Å². The van der Waals surface area contributed by atoms with Crippen LogP contribution >= 0.6 is 0 Å². The number of benzene rings is 1. The Morgan fingerprint density at radius 3 is 2.50 bits per heavy atom. The zero-order valence-electron chi connectivity index (χ0n) is 20.2. The summed E-state index contributed by atoms with van der Waals surface area (Å²) in [6.45, 7) is 1.23. The predicted molar refractivity (Wildman–Crippen MR) is 132 cm³/mol. The van der Waals surface area contributed by atoms with Gasteiger partial charge in [-0.3, -0.25) is 24.2 Å². The number of para-hydroxylation sites is 1. The van der Waals surface area contributed by atoms with Crippen molar-refractivity contribution < 1.29 is 32.3 Å². The first-order chi connectivity index (χ1) is 18.0. The molecule has 2 aromatic heterocycles. The number of ketones is 1. The molecule has 200 valence electrons. The molecule has 2 atom stereocenters. The van der Waals surface area contributed by atoms with E-state index in [0.29, 0.717) is 12.3 Å². The van der Waals surface area contributed by atoms with E-state index in [2.05, 4.69) is 25.9 Å². The average molecular weight is 531 g/mol. The van der Waals surface area contributed by atoms with Crippen molar-refractivity contribution in [3.63, 3.8) is 0 Å². The molecular weight excluding hydrogens is 505 g/mol. The number of nitrogens with one attached hydrogen (secondary N) is 5. The van der Waals surface area contributed by atoms with Crippen molar-refractivity contribution in [2.24, 2.45) is 0 Å². The maximum atomic E-state index is 13.2. The molecule has 38 heavy (non-hydrogen) atoms. The lowest BCUT2D eigenvalue weighted by Crippen LogP contribution is -2.53. The second-order valence-electron chi connectivity index (χ2n) is 8.44. The first-order valence-corrected chi connectivity index (χ1v) is 11.5. The maximum Gasteiger partial charge on any atom is 0.433 e. The summed E-state index contributed by atoms with van der Waals surface area (Å²) in [5.41, 5.74) is 0.111. The molecule has 0 spiro atoms. The Kier molecular flexibility index (Phi) is 8.94. The van der Waals surface area contributed by atoms with Gasteiger partial charge in [0.1, 0.15) is 17.8 Å². The SMILES string of the molecule is CC(=O)N[C@@H](Cc1c[nH]c2ccccc12)C(=O)N[C@@H](CCC(=O)C=N)C(=O)Nc1ccnc(C(F)(F)F)c1. The summed E-state index contributed by atoms with van der Waals surface area (Å²) in [5.74, 6) is -2.73. The Hall–Kier alpha value is -4.55. The van der Waals surface area contributed by atoms with Gasteiger partial charge in [-0.05, 0) is 30.2 Å². The number of carbonyl (C=O) groups excluding carboxylic acids is 4. The van der Waals surface area contributed by atoms with Gasteiger partial charge < -0.3 is 26.3 Å². The van der Waals surface area contributed by atoms with Crippen LogP contribution in [0, 0.1) is 5.41 Å². The number of aromatic amines is 1. The summed E-state index contributed by atoms with van der Waals surface area (Å²) in [6, 6.07) is 6.66. The number of H-pyrrole nitrogens is 1. The molecule has 3 aromatic rings. The number of hydrogen-bond acceptors (Lipinski definition) is 6. The van der Waals surface area contributed by atoms with Crippen molar-refractivity contribution in [2.45, 2.75) is 44.4 Å². The number of rotatable bonds is 11. The van der Waals surface area contributed by atoms with Crippen molar-refractivity contribution >= 4 is 46.3 Å². The van der Waals surface area contributed by atoms with Crippen LogP contribution in [-0.4, -0.2) is 51.8 Å². The average Bonchev–Trinajstić information content (AvgIpc) is 3.27. The largest absolute Gasteiger partial charge is 0.433 e. The van der Waals surface area contributed by atoms with E-state index >= 15 is 0 Å². The molecule has 0 unspecified atom stereocenters. The molecule has 0 saturated carbocycles. The van der Waals surface area contributed by atoms with Gasteiger partial charge in [0.05, 0.1) is 6.21 Å². The van der Waals surface area contributed by atoms with Gasteiger partial charge in [-0.1, -0.05) is 18.2 Å². The van der Waals surface area contributed by atoms with Crippen LogP contribution in [0.1, 0.15) is 31.0 Å². The summed E-state index contributed by atoms with van der Waals surface area (Å²) >= 11 is 0. The van der Waals surface area contributed by atoms with Crippen molar-refractivity contribution in [1.29, 1.82) is 5.41 Å². The summed E-state index contributed by atoms with van der Waals surface area (Å²) in [7, 11) is 0. The van der Waals surface area contributed by atoms with Gasteiger partial charge in [-0.15, -0.1) is 0 Å². The van der Waals surface area contributed by atoms with Gasteiger partial charge in [0, 0.05) is 48.7 Å². The minimum absolute atomic E-state index is 0.0719. The highest BCUT2D eigenvalue weighted by molar-refractivity contribution is 6.26. The van der Waals surface area contributed by atoms with Gasteiger partial charge in [-0.25, -0.2) is 0 Å². The monoisotopic (exact) mass is 530 g/mol. The van der Waals surface area contributed by atoms with Gasteiger partial charge in [-0.2, -0.15) is 13.2 Å². The number of aromatic nitrogens is 2. The fourth-order valence-electron chi connectivity index (χ4n) is 3.77. The molecule has 0 aliphatic carbocycles. The Balaban J connectivity index is 1.81. The Bertz CT molecular complexity index is 1350. The van der Waals surface area contributed by atoms with Crippen LogP contribution in [0.3, 0.4) is 0 Å². The number of alkyl halides is 3. The predicted octanol–water partition coefficient (Wildman–Crippen LogP) is 2.75. The zero-order chi connectivity index (χ0) is 27.9. The number of Topliss-reactive ketones (excluding diaryl/α,β-unsaturated/α-hetero) is 1. The van der Waals surface area contributed by atoms with Gasteiger partial charge in [0.25, 0.3) is 0 Å². The number of hydrogen-bond donors (Lipinski definition) is 5. The van der Waals surface area contributed by atoms with Crippen molar-refractivity contribution in [3.8, 4) is 0 Å². The number of amides is 3. The van der Waals surface area contributed by atoms with E-state index in [0.717, 1.165) is 28.7 Å². The molecule has 0 aliphatic rings. The van der Waals surface area contributed by atoms with Crippen LogP contribution in [0.25, 0.3) is 10.9 Å². The quantitative estimate of drug-likeness (QED) is 0.241. The topological polar surface area (TPSA) is 157 Å². The third kappa shape index (κ3) is 7.48. The molecule has 3 amide bonds. The minimum Gasteiger partial charge on any atom is -0.361 e. The maximum absolute atomic E-state index is 13.2. The number of pyridine rings is 1. The van der Waals surface area contributed by atoms with E-state index in [4.69, 9.17) is 5.41 Å². The van der Waals surface area contributed by atoms with E-state index in [1.165, 1.54) is 6.92 Å². The zero-order valence-corrected chi connectivity index (χ0v) is 20.2. The van der Waals surface area contributed by atoms with E-state index < -0.39 is 47.5 Å². The number of carbonyl (C=O) groups is 4. The normalized spacial score (nSPS) is 12.8. The second-order valence-corrected chi connectivity index (χ2v) is 8.44. The van der Waals surface area contributed by atoms with E-state index in [1.54, 1.807) is 6.20 Å². The summed E-state index contributed by atoms with van der Waals surface area (Å²) < 4.78 is 39.0. The van der Waals surface area contributed by atoms with Crippen LogP contribution in [0.5, 0.6) is 0 Å². The minimum atomic E-state index is -4.74. The fraction of sp³-hybridized carbons (Fsp3) is 0.280. The summed E-state index contributed by atoms with van der Waals surface area (Å²) in [4.78, 5) is 56.0. The third-order valence-electron chi connectivity index (χ3n) is 5.58. The van der Waals surface area contributed by atoms with Crippen molar-refractivity contribution in [2.75, 3.05) is 5.32 Å². The van der Waals surface area contributed by atoms with Gasteiger partial charge >= 0.3 is 6.18 Å². The number of nitrogens with zero attached hydrogens (tertiary/aromatic N) is 1. The lowest BCUT2D eigenvalue weighted by atomic mass is 10.0. The molecule has 3 rings (SSSR count). The Morgan fingerprint density at radius 2 is 1.82 bits per heavy atom. The molecule has 13 heteroatoms. The van der Waals surface area contributed by atoms with Gasteiger partial charge in [0.15, 0.2) is 5.78 Å². The van der Waals surface area contributed by atoms with Gasteiger partial charge in [0.2, 0.25) is 17.7 Å². The molecule has 1 aromatic carbocycles. The van der Waals surface area contributed by atoms with Crippen LogP contribution in [-0.2, 0) is 31.8 Å². The standard InChI is InChI=1S/C25H25F3N6O4/c1-14(35)32-21(10-15-13-31-19-5-3-2-4-18(15)19)24(38)34-20(7-6-17(36)12-29)23(37)33-16-8-9-30-22(11-16)25(26,27)28/h2-5,8-9,11-13,20-21,29,31H,6-7,10H2,1H3,(H,32,35)(H,34,38)(H,30,33,37)/t20-,21-/m0/s1. The molecule has 0 bridgehead atoms. The molecule has 5 N–H and O–H groups in total. The molecule has 10 nitrogen and oxygen atoms in total. The molecule has 0 fully saturated rings. The molecule has 0 aliphatic heterocycles. The highest BCUT2D eigenvalue weighted by Gasteiger charge is 2.33. The Morgan fingerprint density at radius 1 is 1.08 bits per heavy atom. The number of halogens is 3. The number of anilines is 1. The highest BCUT2D eigenvalue weighted by Crippen LogP contribution is 2.29. The third-order valence-corrected chi connectivity index (χ3v) is 5.58. The fourth-order valence-corrected chi connectivity index (χ4v) is 3.77. The summed E-state index contributed by atoms with van der Waals surface area (Å²) in [6.07, 6.45) is -2.05. The van der Waals surface area contributed by atoms with Crippen LogP contribution < -0.4 is 16.0 Å². The number of fused-ring (bicyclic) bond motifs is 1. The van der Waals surface area contributed by atoms with Crippen molar-refractivity contribution in [1.82, 2.24) is 20.6 Å². The van der Waals surface area contributed by atoms with E-state index in [-0.39, 0.29) is 24.9 Å². The van der Waals surface area contributed by atoms with Crippen LogP contribution in [0.4, 0.5) is 18.9 Å². The highest BCUT2D eigenvalue weighted by atomic mass is 19.4.